The molecule has 0 amide bonds. The lowest BCUT2D eigenvalue weighted by atomic mass is 10.1. The Morgan fingerprint density at radius 1 is 1.28 bits per heavy atom. The lowest BCUT2D eigenvalue weighted by Gasteiger charge is -2.15. The summed E-state index contributed by atoms with van der Waals surface area (Å²) < 4.78 is 2.11. The normalized spacial score (nSPS) is 12.7. The number of aromatic nitrogens is 2. The van der Waals surface area contributed by atoms with Gasteiger partial charge in [0.05, 0.1) is 17.6 Å². The van der Waals surface area contributed by atoms with E-state index in [1.54, 1.807) is 18.4 Å². The van der Waals surface area contributed by atoms with Gasteiger partial charge in [0.15, 0.2) is 5.96 Å². The molecule has 7 heteroatoms. The van der Waals surface area contributed by atoms with Crippen LogP contribution >= 0.6 is 35.3 Å². The van der Waals surface area contributed by atoms with Crippen molar-refractivity contribution >= 4 is 52.3 Å². The highest BCUT2D eigenvalue weighted by molar-refractivity contribution is 14.0. The molecule has 0 saturated carbocycles. The molecule has 0 saturated heterocycles. The predicted octanol–water partition coefficient (Wildman–Crippen LogP) is 3.72. The Labute approximate surface area is 169 Å². The zero-order chi connectivity index (χ0) is 16.9. The second-order valence-electron chi connectivity index (χ2n) is 5.84. The molecule has 2 N–H and O–H groups in total. The number of imidazole rings is 1. The lowest BCUT2D eigenvalue weighted by Crippen LogP contribution is -2.39. The Morgan fingerprint density at radius 2 is 2.08 bits per heavy atom. The van der Waals surface area contributed by atoms with Gasteiger partial charge >= 0.3 is 0 Å². The molecule has 3 rings (SSSR count). The van der Waals surface area contributed by atoms with Crippen LogP contribution < -0.4 is 10.6 Å². The van der Waals surface area contributed by atoms with E-state index < -0.39 is 0 Å². The number of aliphatic imine (C=N–C) groups is 1. The minimum atomic E-state index is 0. The number of rotatable bonds is 5. The van der Waals surface area contributed by atoms with Crippen molar-refractivity contribution in [2.75, 3.05) is 13.6 Å². The smallest absolute Gasteiger partial charge is 0.191 e. The average Bonchev–Trinajstić information content (AvgIpc) is 3.24. The summed E-state index contributed by atoms with van der Waals surface area (Å²) in [6.07, 6.45) is 0. The summed E-state index contributed by atoms with van der Waals surface area (Å²) in [6, 6.07) is 10.3. The van der Waals surface area contributed by atoms with Gasteiger partial charge in [-0.2, -0.15) is 11.3 Å². The molecule has 5 nitrogen and oxygen atoms in total. The van der Waals surface area contributed by atoms with Gasteiger partial charge in [-0.3, -0.25) is 4.99 Å². The van der Waals surface area contributed by atoms with E-state index in [0.29, 0.717) is 12.5 Å². The van der Waals surface area contributed by atoms with Gasteiger partial charge in [-0.05, 0) is 40.4 Å². The molecular weight excluding hydrogens is 445 g/mol. The number of aryl methyl sites for hydroxylation is 1. The highest BCUT2D eigenvalue weighted by Crippen LogP contribution is 2.17. The largest absolute Gasteiger partial charge is 0.356 e. The number of hydrogen-bond donors (Lipinski definition) is 2. The summed E-state index contributed by atoms with van der Waals surface area (Å²) in [7, 11) is 3.83. The fourth-order valence-corrected chi connectivity index (χ4v) is 3.44. The summed E-state index contributed by atoms with van der Waals surface area (Å²) in [5.74, 6) is 2.24. The maximum Gasteiger partial charge on any atom is 0.191 e. The summed E-state index contributed by atoms with van der Waals surface area (Å²) >= 11 is 1.73. The van der Waals surface area contributed by atoms with Gasteiger partial charge in [-0.1, -0.05) is 19.1 Å². The van der Waals surface area contributed by atoms with Gasteiger partial charge in [0.1, 0.15) is 5.82 Å². The van der Waals surface area contributed by atoms with Crippen molar-refractivity contribution in [3.05, 3.63) is 52.5 Å². The van der Waals surface area contributed by atoms with Crippen molar-refractivity contribution in [1.29, 1.82) is 0 Å². The third-order valence-corrected chi connectivity index (χ3v) is 4.91. The van der Waals surface area contributed by atoms with Crippen LogP contribution in [-0.2, 0) is 13.6 Å². The average molecular weight is 469 g/mol. The van der Waals surface area contributed by atoms with Crippen molar-refractivity contribution < 1.29 is 0 Å². The highest BCUT2D eigenvalue weighted by Gasteiger charge is 2.09. The van der Waals surface area contributed by atoms with Gasteiger partial charge in [-0.15, -0.1) is 24.0 Å². The lowest BCUT2D eigenvalue weighted by molar-refractivity contribution is 0.688. The quantitative estimate of drug-likeness (QED) is 0.340. The Balaban J connectivity index is 0.00000225. The standard InChI is InChI=1S/C18H23N5S.HI/c1-13(14-8-9-24-12-14)10-20-18(19-2)21-11-17-22-15-6-4-5-7-16(15)23(17)3;/h4-9,12-13H,10-11H2,1-3H3,(H2,19,20,21);1H. The fourth-order valence-electron chi connectivity index (χ4n) is 2.66. The topological polar surface area (TPSA) is 54.2 Å². The number of nitrogens with one attached hydrogen (secondary N) is 2. The summed E-state index contributed by atoms with van der Waals surface area (Å²) in [5, 5.41) is 11.0. The molecule has 0 fully saturated rings. The summed E-state index contributed by atoms with van der Waals surface area (Å²) in [4.78, 5) is 8.97. The first-order valence-corrected chi connectivity index (χ1v) is 9.00. The zero-order valence-electron chi connectivity index (χ0n) is 14.7. The molecule has 3 aromatic rings. The van der Waals surface area contributed by atoms with Crippen molar-refractivity contribution in [3.63, 3.8) is 0 Å². The van der Waals surface area contributed by atoms with E-state index in [1.165, 1.54) is 5.56 Å². The molecule has 2 heterocycles. The van der Waals surface area contributed by atoms with Crippen LogP contribution in [0.4, 0.5) is 0 Å². The first kappa shape index (κ1) is 19.7. The number of hydrogen-bond acceptors (Lipinski definition) is 3. The van der Waals surface area contributed by atoms with E-state index in [-0.39, 0.29) is 24.0 Å². The van der Waals surface area contributed by atoms with Gasteiger partial charge in [0.2, 0.25) is 0 Å². The van der Waals surface area contributed by atoms with Crippen molar-refractivity contribution in [1.82, 2.24) is 20.2 Å². The molecule has 0 radical (unpaired) electrons. The SMILES string of the molecule is CN=C(NCc1nc2ccccc2n1C)NCC(C)c1ccsc1.I. The number of thiophene rings is 1. The molecule has 134 valence electrons. The van der Waals surface area contributed by atoms with Crippen LogP contribution in [0.3, 0.4) is 0 Å². The van der Waals surface area contributed by atoms with Gasteiger partial charge in [0, 0.05) is 20.6 Å². The van der Waals surface area contributed by atoms with Crippen LogP contribution in [-0.4, -0.2) is 29.1 Å². The molecule has 0 spiro atoms. The van der Waals surface area contributed by atoms with Crippen LogP contribution in [0, 0.1) is 0 Å². The first-order chi connectivity index (χ1) is 11.7. The van der Waals surface area contributed by atoms with Crippen molar-refractivity contribution in [2.24, 2.45) is 12.0 Å². The van der Waals surface area contributed by atoms with Gasteiger partial charge in [0.25, 0.3) is 0 Å². The number of para-hydroxylation sites is 2. The maximum atomic E-state index is 4.67. The molecule has 0 aliphatic rings. The van der Waals surface area contributed by atoms with Gasteiger partial charge < -0.3 is 15.2 Å². The molecular formula is C18H24IN5S. The van der Waals surface area contributed by atoms with E-state index in [4.69, 9.17) is 0 Å². The van der Waals surface area contributed by atoms with Crippen LogP contribution in [0.2, 0.25) is 0 Å². The molecule has 0 bridgehead atoms. The minimum Gasteiger partial charge on any atom is -0.356 e. The Hall–Kier alpha value is -1.61. The zero-order valence-corrected chi connectivity index (χ0v) is 17.8. The Morgan fingerprint density at radius 3 is 2.76 bits per heavy atom. The third kappa shape index (κ3) is 4.72. The predicted molar refractivity (Wildman–Crippen MR) is 117 cm³/mol. The monoisotopic (exact) mass is 469 g/mol. The maximum absolute atomic E-state index is 4.67. The molecule has 0 aliphatic heterocycles. The molecule has 1 aromatic carbocycles. The van der Waals surface area contributed by atoms with E-state index in [9.17, 15) is 0 Å². The van der Waals surface area contributed by atoms with E-state index in [2.05, 4.69) is 55.0 Å². The second kappa shape index (κ2) is 9.19. The summed E-state index contributed by atoms with van der Waals surface area (Å²) in [5.41, 5.74) is 3.52. The summed E-state index contributed by atoms with van der Waals surface area (Å²) in [6.45, 7) is 3.70. The Bertz CT molecular complexity index is 825. The third-order valence-electron chi connectivity index (χ3n) is 4.21. The van der Waals surface area contributed by atoms with E-state index in [1.807, 2.05) is 25.2 Å². The van der Waals surface area contributed by atoms with Crippen LogP contribution in [0.15, 0.2) is 46.1 Å². The first-order valence-electron chi connectivity index (χ1n) is 8.06. The van der Waals surface area contributed by atoms with Crippen LogP contribution in [0.25, 0.3) is 11.0 Å². The minimum absolute atomic E-state index is 0. The van der Waals surface area contributed by atoms with Crippen molar-refractivity contribution in [3.8, 4) is 0 Å². The highest BCUT2D eigenvalue weighted by atomic mass is 127. The van der Waals surface area contributed by atoms with Crippen LogP contribution in [0.1, 0.15) is 24.2 Å². The van der Waals surface area contributed by atoms with Crippen molar-refractivity contribution in [2.45, 2.75) is 19.4 Å². The fraction of sp³-hybridized carbons (Fsp3) is 0.333. The number of guanidine groups is 1. The molecule has 0 aliphatic carbocycles. The number of benzene rings is 1. The second-order valence-corrected chi connectivity index (χ2v) is 6.62. The van der Waals surface area contributed by atoms with Crippen LogP contribution in [0.5, 0.6) is 0 Å². The molecule has 1 atom stereocenters. The number of fused-ring (bicyclic) bond motifs is 1. The van der Waals surface area contributed by atoms with E-state index >= 15 is 0 Å². The molecule has 1 unspecified atom stereocenters. The number of nitrogens with zero attached hydrogens (tertiary/aromatic N) is 3. The Kier molecular flexibility index (Phi) is 7.24. The molecule has 2 aromatic heterocycles. The number of halogens is 1. The molecule has 25 heavy (non-hydrogen) atoms. The van der Waals surface area contributed by atoms with E-state index in [0.717, 1.165) is 29.4 Å². The van der Waals surface area contributed by atoms with Gasteiger partial charge in [-0.25, -0.2) is 4.98 Å².